The number of nitrogens with one attached hydrogen (secondary N) is 1. The van der Waals surface area contributed by atoms with Crippen LogP contribution in [0.3, 0.4) is 0 Å². The first-order valence-corrected chi connectivity index (χ1v) is 16.7. The normalized spacial score (nSPS) is 13.0. The van der Waals surface area contributed by atoms with Crippen molar-refractivity contribution < 1.29 is 27.9 Å². The molecule has 0 unspecified atom stereocenters. The molecule has 2 heterocycles. The number of alkyl carbamates (subject to hydrolysis) is 1. The maximum atomic E-state index is 14.4. The Morgan fingerprint density at radius 2 is 1.55 bits per heavy atom. The summed E-state index contributed by atoms with van der Waals surface area (Å²) >= 11 is 0. The Hall–Kier alpha value is -4.02. The number of fused-ring (bicyclic) bond motifs is 1. The van der Waals surface area contributed by atoms with Crippen LogP contribution >= 0.6 is 0 Å². The third-order valence-corrected chi connectivity index (χ3v) is 12.3. The molecular formula is C34H42FN3O5Si. The van der Waals surface area contributed by atoms with Gasteiger partial charge in [-0.1, -0.05) is 81.4 Å². The Kier molecular flexibility index (Phi) is 9.95. The van der Waals surface area contributed by atoms with Gasteiger partial charge in [-0.25, -0.2) is 14.0 Å². The molecule has 0 saturated carbocycles. The first kappa shape index (κ1) is 32.9. The Morgan fingerprint density at radius 1 is 0.955 bits per heavy atom. The van der Waals surface area contributed by atoms with Crippen molar-refractivity contribution in [3.8, 4) is 0 Å². The SMILES string of the molecule is CCOC(=O)c1cc2ncc(F)cc2n1C[C@@H](CO[Si](c1ccccc1)(c1ccccc1)C(C)(C)C)NC(=O)OC(C)(C)C. The van der Waals surface area contributed by atoms with Crippen LogP contribution in [0.4, 0.5) is 9.18 Å². The van der Waals surface area contributed by atoms with Crippen molar-refractivity contribution in [2.75, 3.05) is 13.2 Å². The molecule has 44 heavy (non-hydrogen) atoms. The number of halogens is 1. The zero-order valence-corrected chi connectivity index (χ0v) is 27.5. The second kappa shape index (κ2) is 13.3. The van der Waals surface area contributed by atoms with Gasteiger partial charge in [0.15, 0.2) is 0 Å². The number of benzene rings is 2. The minimum atomic E-state index is -2.99. The van der Waals surface area contributed by atoms with Crippen molar-refractivity contribution in [1.29, 1.82) is 0 Å². The molecule has 2 aromatic heterocycles. The number of nitrogens with zero attached hydrogens (tertiary/aromatic N) is 2. The third-order valence-electron chi connectivity index (χ3n) is 7.25. The molecule has 0 bridgehead atoms. The van der Waals surface area contributed by atoms with Gasteiger partial charge in [-0.15, -0.1) is 0 Å². The highest BCUT2D eigenvalue weighted by Gasteiger charge is 2.50. The lowest BCUT2D eigenvalue weighted by atomic mass is 10.2. The highest BCUT2D eigenvalue weighted by molar-refractivity contribution is 6.99. The van der Waals surface area contributed by atoms with Crippen LogP contribution in [0.15, 0.2) is 79.0 Å². The van der Waals surface area contributed by atoms with Crippen molar-refractivity contribution in [1.82, 2.24) is 14.9 Å². The number of ether oxygens (including phenoxy) is 2. The summed E-state index contributed by atoms with van der Waals surface area (Å²) < 4.78 is 34.1. The lowest BCUT2D eigenvalue weighted by Crippen LogP contribution is -2.67. The largest absolute Gasteiger partial charge is 0.461 e. The number of pyridine rings is 1. The molecular weight excluding hydrogens is 577 g/mol. The van der Waals surface area contributed by atoms with Crippen molar-refractivity contribution in [2.45, 2.75) is 71.7 Å². The van der Waals surface area contributed by atoms with Crippen LogP contribution in [0.25, 0.3) is 11.0 Å². The monoisotopic (exact) mass is 619 g/mol. The number of carbonyl (C=O) groups is 2. The molecule has 4 aromatic rings. The number of esters is 1. The summed E-state index contributed by atoms with van der Waals surface area (Å²) in [5.41, 5.74) is 0.283. The molecule has 1 atom stereocenters. The van der Waals surface area contributed by atoms with Gasteiger partial charge in [-0.2, -0.15) is 0 Å². The Balaban J connectivity index is 1.81. The summed E-state index contributed by atoms with van der Waals surface area (Å²) in [5.74, 6) is -1.12. The van der Waals surface area contributed by atoms with E-state index >= 15 is 0 Å². The van der Waals surface area contributed by atoms with Crippen LogP contribution in [0, 0.1) is 5.82 Å². The van der Waals surface area contributed by atoms with E-state index in [0.29, 0.717) is 11.0 Å². The van der Waals surface area contributed by atoms with E-state index in [1.54, 1.807) is 38.3 Å². The lowest BCUT2D eigenvalue weighted by molar-refractivity contribution is 0.0478. The van der Waals surface area contributed by atoms with Gasteiger partial charge in [-0.3, -0.25) is 4.98 Å². The average molecular weight is 620 g/mol. The van der Waals surface area contributed by atoms with Crippen LogP contribution < -0.4 is 15.7 Å². The summed E-state index contributed by atoms with van der Waals surface area (Å²) in [5, 5.41) is 4.82. The quantitative estimate of drug-likeness (QED) is 0.178. The van der Waals surface area contributed by atoms with Gasteiger partial charge in [0, 0.05) is 12.6 Å². The van der Waals surface area contributed by atoms with Crippen LogP contribution in [0.1, 0.15) is 59.0 Å². The fraction of sp³-hybridized carbons (Fsp3) is 0.382. The molecule has 234 valence electrons. The molecule has 0 saturated heterocycles. The van der Waals surface area contributed by atoms with E-state index in [0.717, 1.165) is 16.6 Å². The average Bonchev–Trinajstić information content (AvgIpc) is 3.30. The van der Waals surface area contributed by atoms with Crippen molar-refractivity contribution in [3.05, 3.63) is 90.5 Å². The smallest absolute Gasteiger partial charge is 0.408 e. The number of aromatic nitrogens is 2. The Bertz CT molecular complexity index is 1540. The second-order valence-electron chi connectivity index (χ2n) is 12.7. The predicted octanol–water partition coefficient (Wildman–Crippen LogP) is 5.82. The van der Waals surface area contributed by atoms with Crippen LogP contribution in [-0.2, 0) is 20.4 Å². The summed E-state index contributed by atoms with van der Waals surface area (Å²) in [7, 11) is -2.99. The van der Waals surface area contributed by atoms with E-state index in [9.17, 15) is 14.0 Å². The van der Waals surface area contributed by atoms with E-state index in [1.165, 1.54) is 6.07 Å². The van der Waals surface area contributed by atoms with Gasteiger partial charge in [0.2, 0.25) is 0 Å². The first-order valence-electron chi connectivity index (χ1n) is 14.8. The molecule has 0 aliphatic rings. The molecule has 1 amide bonds. The maximum absolute atomic E-state index is 14.4. The first-order chi connectivity index (χ1) is 20.7. The summed E-state index contributed by atoms with van der Waals surface area (Å²) in [6.45, 7) is 13.9. The lowest BCUT2D eigenvalue weighted by Gasteiger charge is -2.43. The molecule has 4 rings (SSSR count). The molecule has 1 N–H and O–H groups in total. The van der Waals surface area contributed by atoms with E-state index in [-0.39, 0.29) is 30.5 Å². The summed E-state index contributed by atoms with van der Waals surface area (Å²) in [6, 6.07) is 22.5. The zero-order valence-electron chi connectivity index (χ0n) is 26.5. The molecule has 0 spiro atoms. The van der Waals surface area contributed by atoms with Crippen LogP contribution in [-0.4, -0.2) is 54.8 Å². The molecule has 8 nitrogen and oxygen atoms in total. The van der Waals surface area contributed by atoms with Gasteiger partial charge in [-0.05, 0) is 49.2 Å². The fourth-order valence-electron chi connectivity index (χ4n) is 5.50. The van der Waals surface area contributed by atoms with E-state index in [1.807, 2.05) is 36.4 Å². The number of hydrogen-bond acceptors (Lipinski definition) is 6. The summed E-state index contributed by atoms with van der Waals surface area (Å²) in [4.78, 5) is 30.4. The van der Waals surface area contributed by atoms with Gasteiger partial charge >= 0.3 is 12.1 Å². The molecule has 0 aliphatic carbocycles. The third kappa shape index (κ3) is 7.36. The fourth-order valence-corrected chi connectivity index (χ4v) is 10.1. The number of rotatable bonds is 10. The van der Waals surface area contributed by atoms with Gasteiger partial charge in [0.25, 0.3) is 8.32 Å². The van der Waals surface area contributed by atoms with Crippen molar-refractivity contribution in [2.24, 2.45) is 0 Å². The maximum Gasteiger partial charge on any atom is 0.408 e. The van der Waals surface area contributed by atoms with E-state index in [2.05, 4.69) is 55.3 Å². The van der Waals surface area contributed by atoms with Gasteiger partial charge in [0.1, 0.15) is 17.1 Å². The van der Waals surface area contributed by atoms with E-state index < -0.39 is 37.8 Å². The number of carbonyl (C=O) groups excluding carboxylic acids is 2. The standard InChI is InChI=1S/C34H42FN3O5Si/c1-8-41-31(39)30-20-28-29(19-24(35)21-36-28)38(30)22-25(37-32(40)43-33(2,3)4)23-42-44(34(5,6)7,26-15-11-9-12-16-26)27-17-13-10-14-18-27/h9-21,25H,8,22-23H2,1-7H3,(H,37,40)/t25-/m0/s1. The van der Waals surface area contributed by atoms with Crippen molar-refractivity contribution in [3.63, 3.8) is 0 Å². The minimum absolute atomic E-state index is 0.0697. The van der Waals surface area contributed by atoms with Gasteiger partial charge in [0.05, 0.1) is 36.5 Å². The molecule has 0 radical (unpaired) electrons. The Labute approximate surface area is 259 Å². The summed E-state index contributed by atoms with van der Waals surface area (Å²) in [6.07, 6.45) is 0.469. The number of amides is 1. The van der Waals surface area contributed by atoms with E-state index in [4.69, 9.17) is 13.9 Å². The zero-order chi connectivity index (χ0) is 32.1. The van der Waals surface area contributed by atoms with Crippen LogP contribution in [0.5, 0.6) is 0 Å². The molecule has 2 aromatic carbocycles. The highest BCUT2D eigenvalue weighted by Crippen LogP contribution is 2.37. The molecule has 0 fully saturated rings. The Morgan fingerprint density at radius 3 is 2.07 bits per heavy atom. The van der Waals surface area contributed by atoms with Crippen LogP contribution in [0.2, 0.25) is 5.04 Å². The van der Waals surface area contributed by atoms with Gasteiger partial charge < -0.3 is 23.8 Å². The number of hydrogen-bond donors (Lipinski definition) is 1. The minimum Gasteiger partial charge on any atom is -0.461 e. The van der Waals surface area contributed by atoms with Crippen molar-refractivity contribution >= 4 is 41.8 Å². The predicted molar refractivity (Wildman–Crippen MR) is 172 cm³/mol. The molecule has 10 heteroatoms. The topological polar surface area (TPSA) is 91.7 Å². The highest BCUT2D eigenvalue weighted by atomic mass is 28.4. The second-order valence-corrected chi connectivity index (χ2v) is 17.0. The molecule has 0 aliphatic heterocycles.